The van der Waals surface area contributed by atoms with Crippen molar-refractivity contribution < 1.29 is 14.3 Å². The van der Waals surface area contributed by atoms with Gasteiger partial charge in [0, 0.05) is 6.61 Å². The number of hydrogen-bond acceptors (Lipinski definition) is 3. The van der Waals surface area contributed by atoms with Gasteiger partial charge in [0.1, 0.15) is 6.29 Å². The third-order valence-corrected chi connectivity index (χ3v) is 4.22. The molecular weight excluding hydrogens is 192 g/mol. The maximum atomic E-state index is 11.4. The third kappa shape index (κ3) is 1.53. The predicted octanol–water partition coefficient (Wildman–Crippen LogP) is 1.69. The lowest BCUT2D eigenvalue weighted by molar-refractivity contribution is -0.121. The molecule has 0 spiro atoms. The van der Waals surface area contributed by atoms with E-state index in [1.165, 1.54) is 0 Å². The van der Waals surface area contributed by atoms with E-state index in [1.54, 1.807) is 0 Å². The Morgan fingerprint density at radius 1 is 1.33 bits per heavy atom. The molecule has 84 valence electrons. The summed E-state index contributed by atoms with van der Waals surface area (Å²) in [5, 5.41) is 0. The van der Waals surface area contributed by atoms with Crippen molar-refractivity contribution in [3.05, 3.63) is 0 Å². The molecule has 3 heteroatoms. The van der Waals surface area contributed by atoms with Gasteiger partial charge in [-0.05, 0) is 38.5 Å². The van der Waals surface area contributed by atoms with Crippen LogP contribution in [-0.4, -0.2) is 31.2 Å². The van der Waals surface area contributed by atoms with Gasteiger partial charge in [0.25, 0.3) is 0 Å². The van der Waals surface area contributed by atoms with Crippen molar-refractivity contribution in [2.75, 3.05) is 6.61 Å². The van der Waals surface area contributed by atoms with Crippen molar-refractivity contribution >= 4 is 6.29 Å². The summed E-state index contributed by atoms with van der Waals surface area (Å²) >= 11 is 0. The van der Waals surface area contributed by atoms with E-state index in [2.05, 4.69) is 0 Å². The highest BCUT2D eigenvalue weighted by Gasteiger charge is 2.53. The zero-order valence-electron chi connectivity index (χ0n) is 8.98. The summed E-state index contributed by atoms with van der Waals surface area (Å²) in [5.41, 5.74) is -0.210. The molecule has 0 aromatic carbocycles. The van der Waals surface area contributed by atoms with E-state index < -0.39 is 0 Å². The normalized spacial score (nSPS) is 48.7. The standard InChI is InChI=1S/C12H18O3/c13-8-12(6-9-2-1-5-14-9)7-10-3-4-11(12)15-10/h8-11H,1-7H2. The lowest BCUT2D eigenvalue weighted by atomic mass is 9.71. The Bertz CT molecular complexity index is 260. The average Bonchev–Trinajstić information content (AvgIpc) is 2.93. The summed E-state index contributed by atoms with van der Waals surface area (Å²) in [5.74, 6) is 0. The van der Waals surface area contributed by atoms with Gasteiger partial charge in [-0.25, -0.2) is 0 Å². The van der Waals surface area contributed by atoms with Crippen LogP contribution in [0.25, 0.3) is 0 Å². The fourth-order valence-corrected chi connectivity index (χ4v) is 3.45. The van der Waals surface area contributed by atoms with Gasteiger partial charge < -0.3 is 14.3 Å². The minimum Gasteiger partial charge on any atom is -0.378 e. The molecule has 0 aromatic heterocycles. The van der Waals surface area contributed by atoms with Crippen molar-refractivity contribution in [1.82, 2.24) is 0 Å². The van der Waals surface area contributed by atoms with E-state index >= 15 is 0 Å². The molecule has 0 amide bonds. The lowest BCUT2D eigenvalue weighted by Crippen LogP contribution is -2.37. The quantitative estimate of drug-likeness (QED) is 0.665. The molecule has 0 aromatic rings. The Balaban J connectivity index is 1.72. The molecule has 0 radical (unpaired) electrons. The molecule has 4 unspecified atom stereocenters. The highest BCUT2D eigenvalue weighted by atomic mass is 16.5. The molecule has 3 aliphatic rings. The molecule has 3 heterocycles. The van der Waals surface area contributed by atoms with Crippen LogP contribution in [0.4, 0.5) is 0 Å². The minimum atomic E-state index is -0.210. The van der Waals surface area contributed by atoms with Crippen LogP contribution in [0, 0.1) is 5.41 Å². The molecule has 3 nitrogen and oxygen atoms in total. The average molecular weight is 210 g/mol. The van der Waals surface area contributed by atoms with E-state index in [0.29, 0.717) is 12.2 Å². The molecule has 0 saturated carbocycles. The fraction of sp³-hybridized carbons (Fsp3) is 0.917. The van der Waals surface area contributed by atoms with Crippen molar-refractivity contribution in [3.63, 3.8) is 0 Å². The van der Waals surface area contributed by atoms with E-state index in [9.17, 15) is 4.79 Å². The molecule has 0 N–H and O–H groups in total. The van der Waals surface area contributed by atoms with Crippen LogP contribution in [-0.2, 0) is 14.3 Å². The van der Waals surface area contributed by atoms with E-state index in [-0.39, 0.29) is 11.5 Å². The molecule has 4 atom stereocenters. The van der Waals surface area contributed by atoms with Crippen molar-refractivity contribution in [2.45, 2.75) is 56.8 Å². The summed E-state index contributed by atoms with van der Waals surface area (Å²) in [6, 6.07) is 0. The predicted molar refractivity (Wildman–Crippen MR) is 54.6 cm³/mol. The first-order valence-corrected chi connectivity index (χ1v) is 6.06. The van der Waals surface area contributed by atoms with Gasteiger partial charge in [0.05, 0.1) is 23.7 Å². The molecule has 3 saturated heterocycles. The Morgan fingerprint density at radius 2 is 2.27 bits per heavy atom. The molecule has 0 aliphatic carbocycles. The summed E-state index contributed by atoms with van der Waals surface area (Å²) in [6.45, 7) is 0.870. The van der Waals surface area contributed by atoms with Gasteiger partial charge in [0.2, 0.25) is 0 Å². The van der Waals surface area contributed by atoms with Crippen LogP contribution in [0.15, 0.2) is 0 Å². The monoisotopic (exact) mass is 210 g/mol. The number of rotatable bonds is 3. The SMILES string of the molecule is O=CC1(CC2CCCO2)CC2CCC1O2. The van der Waals surface area contributed by atoms with Crippen molar-refractivity contribution in [2.24, 2.45) is 5.41 Å². The summed E-state index contributed by atoms with van der Waals surface area (Å²) in [4.78, 5) is 11.4. The summed E-state index contributed by atoms with van der Waals surface area (Å²) < 4.78 is 11.4. The second-order valence-corrected chi connectivity index (χ2v) is 5.22. The Hall–Kier alpha value is -0.410. The van der Waals surface area contributed by atoms with E-state index in [1.807, 2.05) is 0 Å². The number of carbonyl (C=O) groups excluding carboxylic acids is 1. The Morgan fingerprint density at radius 3 is 2.80 bits per heavy atom. The second-order valence-electron chi connectivity index (χ2n) is 5.22. The first kappa shape index (κ1) is 9.79. The highest BCUT2D eigenvalue weighted by Crippen LogP contribution is 2.49. The van der Waals surface area contributed by atoms with Crippen molar-refractivity contribution in [1.29, 1.82) is 0 Å². The zero-order valence-corrected chi connectivity index (χ0v) is 8.98. The van der Waals surface area contributed by atoms with Gasteiger partial charge in [-0.15, -0.1) is 0 Å². The van der Waals surface area contributed by atoms with Crippen molar-refractivity contribution in [3.8, 4) is 0 Å². The maximum Gasteiger partial charge on any atom is 0.128 e. The van der Waals surface area contributed by atoms with Crippen LogP contribution in [0.5, 0.6) is 0 Å². The largest absolute Gasteiger partial charge is 0.378 e. The van der Waals surface area contributed by atoms with Crippen LogP contribution in [0.1, 0.15) is 38.5 Å². The highest BCUT2D eigenvalue weighted by molar-refractivity contribution is 5.62. The van der Waals surface area contributed by atoms with Gasteiger partial charge in [0.15, 0.2) is 0 Å². The lowest BCUT2D eigenvalue weighted by Gasteiger charge is -2.31. The number of carbonyl (C=O) groups is 1. The van der Waals surface area contributed by atoms with Gasteiger partial charge in [-0.3, -0.25) is 0 Å². The van der Waals surface area contributed by atoms with Crippen LogP contribution >= 0.6 is 0 Å². The molecule has 15 heavy (non-hydrogen) atoms. The summed E-state index contributed by atoms with van der Waals surface area (Å²) in [7, 11) is 0. The Kier molecular flexibility index (Phi) is 2.33. The van der Waals surface area contributed by atoms with Gasteiger partial charge in [-0.1, -0.05) is 0 Å². The van der Waals surface area contributed by atoms with Crippen LogP contribution < -0.4 is 0 Å². The first-order chi connectivity index (χ1) is 7.32. The van der Waals surface area contributed by atoms with Gasteiger partial charge in [-0.2, -0.15) is 0 Å². The molecule has 3 aliphatic heterocycles. The smallest absolute Gasteiger partial charge is 0.128 e. The third-order valence-electron chi connectivity index (χ3n) is 4.22. The van der Waals surface area contributed by atoms with Gasteiger partial charge >= 0.3 is 0 Å². The number of hydrogen-bond donors (Lipinski definition) is 0. The van der Waals surface area contributed by atoms with E-state index in [0.717, 1.165) is 51.4 Å². The van der Waals surface area contributed by atoms with E-state index in [4.69, 9.17) is 9.47 Å². The molecule has 3 rings (SSSR count). The van der Waals surface area contributed by atoms with Crippen LogP contribution in [0.3, 0.4) is 0 Å². The molecule has 3 fully saturated rings. The fourth-order valence-electron chi connectivity index (χ4n) is 3.45. The number of ether oxygens (including phenoxy) is 2. The van der Waals surface area contributed by atoms with Crippen LogP contribution in [0.2, 0.25) is 0 Å². The molecular formula is C12H18O3. The first-order valence-electron chi connectivity index (χ1n) is 6.06. The number of fused-ring (bicyclic) bond motifs is 2. The topological polar surface area (TPSA) is 35.5 Å². The maximum absolute atomic E-state index is 11.4. The minimum absolute atomic E-state index is 0.184. The molecule has 2 bridgehead atoms. The second kappa shape index (κ2) is 3.56. The summed E-state index contributed by atoms with van der Waals surface area (Å²) in [6.07, 6.45) is 8.28. The number of aldehydes is 1. The zero-order chi connectivity index (χ0) is 10.3. The Labute approximate surface area is 90.1 Å².